The van der Waals surface area contributed by atoms with E-state index in [1.165, 1.54) is 6.20 Å². The fourth-order valence-corrected chi connectivity index (χ4v) is 1.88. The molecule has 0 aliphatic rings. The number of nitrogens with zero attached hydrogens (tertiary/aromatic N) is 1. The quantitative estimate of drug-likeness (QED) is 0.868. The highest BCUT2D eigenvalue weighted by Crippen LogP contribution is 2.10. The van der Waals surface area contributed by atoms with Crippen molar-refractivity contribution in [1.29, 1.82) is 0 Å². The molecule has 0 unspecified atom stereocenters. The van der Waals surface area contributed by atoms with Crippen molar-refractivity contribution in [3.8, 4) is 0 Å². The molecule has 0 saturated heterocycles. The fraction of sp³-hybridized carbons (Fsp3) is 0.286. The van der Waals surface area contributed by atoms with E-state index >= 15 is 0 Å². The highest BCUT2D eigenvalue weighted by molar-refractivity contribution is 9.10. The molecule has 0 radical (unpaired) electrons. The van der Waals surface area contributed by atoms with E-state index in [1.807, 2.05) is 0 Å². The molecule has 1 heterocycles. The summed E-state index contributed by atoms with van der Waals surface area (Å²) in [5, 5.41) is 0. The van der Waals surface area contributed by atoms with Crippen molar-refractivity contribution >= 4 is 32.0 Å². The standard InChI is InChI=1S/C7H10BrN3O2S/c1-2-10-14(12,13)11-7-4-3-6(8)5-9-7/h3-5,10H,2H2,1H3,(H,9,11). The highest BCUT2D eigenvalue weighted by Gasteiger charge is 2.07. The van der Waals surface area contributed by atoms with Gasteiger partial charge in [-0.15, -0.1) is 0 Å². The fourth-order valence-electron chi connectivity index (χ4n) is 0.800. The van der Waals surface area contributed by atoms with Crippen LogP contribution >= 0.6 is 15.9 Å². The zero-order valence-corrected chi connectivity index (χ0v) is 9.89. The molecule has 1 aromatic heterocycles. The van der Waals surface area contributed by atoms with Crippen molar-refractivity contribution in [3.63, 3.8) is 0 Å². The third-order valence-electron chi connectivity index (χ3n) is 1.30. The lowest BCUT2D eigenvalue weighted by Gasteiger charge is -2.06. The van der Waals surface area contributed by atoms with E-state index in [1.54, 1.807) is 19.1 Å². The molecule has 1 rings (SSSR count). The minimum absolute atomic E-state index is 0.286. The van der Waals surface area contributed by atoms with E-state index in [0.717, 1.165) is 4.47 Å². The summed E-state index contributed by atoms with van der Waals surface area (Å²) in [7, 11) is -3.48. The number of anilines is 1. The largest absolute Gasteiger partial charge is 0.300 e. The van der Waals surface area contributed by atoms with E-state index < -0.39 is 10.2 Å². The van der Waals surface area contributed by atoms with Gasteiger partial charge in [0.15, 0.2) is 0 Å². The van der Waals surface area contributed by atoms with E-state index in [4.69, 9.17) is 0 Å². The van der Waals surface area contributed by atoms with Gasteiger partial charge in [-0.25, -0.2) is 4.98 Å². The Morgan fingerprint density at radius 1 is 1.50 bits per heavy atom. The molecule has 0 fully saturated rings. The Morgan fingerprint density at radius 3 is 2.71 bits per heavy atom. The van der Waals surface area contributed by atoms with Crippen LogP contribution in [0.25, 0.3) is 0 Å². The first-order valence-electron chi connectivity index (χ1n) is 3.92. The van der Waals surface area contributed by atoms with Gasteiger partial charge in [0.25, 0.3) is 10.2 Å². The minimum Gasteiger partial charge on any atom is -0.255 e. The average molecular weight is 280 g/mol. The maximum Gasteiger partial charge on any atom is 0.300 e. The van der Waals surface area contributed by atoms with E-state index in [2.05, 4.69) is 30.4 Å². The predicted octanol–water partition coefficient (Wildman–Crippen LogP) is 1.11. The van der Waals surface area contributed by atoms with Gasteiger partial charge in [-0.05, 0) is 28.1 Å². The van der Waals surface area contributed by atoms with Gasteiger partial charge in [-0.3, -0.25) is 4.72 Å². The van der Waals surface area contributed by atoms with Crippen LogP contribution in [0, 0.1) is 0 Å². The van der Waals surface area contributed by atoms with Crippen LogP contribution in [0.3, 0.4) is 0 Å². The summed E-state index contributed by atoms with van der Waals surface area (Å²) in [6.45, 7) is 2.04. The third kappa shape index (κ3) is 3.60. The molecule has 0 aliphatic heterocycles. The molecule has 0 spiro atoms. The Bertz CT molecular complexity index is 390. The number of rotatable bonds is 4. The van der Waals surface area contributed by atoms with E-state index in [-0.39, 0.29) is 5.82 Å². The predicted molar refractivity (Wildman–Crippen MR) is 58.2 cm³/mol. The molecule has 5 nitrogen and oxygen atoms in total. The first kappa shape index (κ1) is 11.4. The first-order valence-corrected chi connectivity index (χ1v) is 6.20. The Balaban J connectivity index is 2.74. The van der Waals surface area contributed by atoms with Gasteiger partial charge in [-0.2, -0.15) is 13.1 Å². The summed E-state index contributed by atoms with van der Waals surface area (Å²) < 4.78 is 27.8. The molecule has 1 aromatic rings. The monoisotopic (exact) mass is 279 g/mol. The normalized spacial score (nSPS) is 11.3. The Morgan fingerprint density at radius 2 is 2.21 bits per heavy atom. The number of halogens is 1. The maximum atomic E-state index is 11.2. The molecule has 0 aromatic carbocycles. The topological polar surface area (TPSA) is 71.1 Å². The van der Waals surface area contributed by atoms with Crippen LogP contribution in [0.4, 0.5) is 5.82 Å². The summed E-state index contributed by atoms with van der Waals surface area (Å²) in [4.78, 5) is 3.87. The molecular weight excluding hydrogens is 270 g/mol. The Kier molecular flexibility index (Phi) is 3.85. The second kappa shape index (κ2) is 4.72. The number of aromatic nitrogens is 1. The smallest absolute Gasteiger partial charge is 0.255 e. The van der Waals surface area contributed by atoms with E-state index in [0.29, 0.717) is 6.54 Å². The highest BCUT2D eigenvalue weighted by atomic mass is 79.9. The van der Waals surface area contributed by atoms with Crippen molar-refractivity contribution in [3.05, 3.63) is 22.8 Å². The van der Waals surface area contributed by atoms with Gasteiger partial charge in [-0.1, -0.05) is 6.92 Å². The van der Waals surface area contributed by atoms with Crippen LogP contribution < -0.4 is 9.44 Å². The molecule has 0 atom stereocenters. The average Bonchev–Trinajstić information content (AvgIpc) is 2.08. The maximum absolute atomic E-state index is 11.2. The van der Waals surface area contributed by atoms with Gasteiger partial charge < -0.3 is 0 Å². The molecule has 0 amide bonds. The zero-order chi connectivity index (χ0) is 10.6. The van der Waals surface area contributed by atoms with Crippen LogP contribution in [-0.4, -0.2) is 19.9 Å². The van der Waals surface area contributed by atoms with Crippen LogP contribution in [0.15, 0.2) is 22.8 Å². The van der Waals surface area contributed by atoms with Gasteiger partial charge in [0, 0.05) is 17.2 Å². The molecule has 0 saturated carbocycles. The number of pyridine rings is 1. The Labute approximate surface area is 91.2 Å². The second-order valence-corrected chi connectivity index (χ2v) is 4.88. The lowest BCUT2D eigenvalue weighted by Crippen LogP contribution is -2.30. The first-order chi connectivity index (χ1) is 6.53. The Hall–Kier alpha value is -0.660. The van der Waals surface area contributed by atoms with Crippen molar-refractivity contribution in [2.24, 2.45) is 0 Å². The molecule has 0 aliphatic carbocycles. The molecule has 0 bridgehead atoms. The zero-order valence-electron chi connectivity index (χ0n) is 7.49. The molecular formula is C7H10BrN3O2S. The lowest BCUT2D eigenvalue weighted by atomic mass is 10.5. The summed E-state index contributed by atoms with van der Waals surface area (Å²) in [6.07, 6.45) is 1.52. The molecule has 2 N–H and O–H groups in total. The van der Waals surface area contributed by atoms with Crippen molar-refractivity contribution in [2.75, 3.05) is 11.3 Å². The van der Waals surface area contributed by atoms with Crippen molar-refractivity contribution < 1.29 is 8.42 Å². The van der Waals surface area contributed by atoms with Crippen LogP contribution in [0.2, 0.25) is 0 Å². The SMILES string of the molecule is CCNS(=O)(=O)Nc1ccc(Br)cn1. The van der Waals surface area contributed by atoms with Gasteiger partial charge in [0.1, 0.15) is 5.82 Å². The molecule has 14 heavy (non-hydrogen) atoms. The summed E-state index contributed by atoms with van der Waals surface area (Å²) in [6, 6.07) is 3.27. The van der Waals surface area contributed by atoms with Crippen molar-refractivity contribution in [2.45, 2.75) is 6.92 Å². The van der Waals surface area contributed by atoms with Gasteiger partial charge in [0.05, 0.1) is 0 Å². The van der Waals surface area contributed by atoms with Crippen LogP contribution in [-0.2, 0) is 10.2 Å². The lowest BCUT2D eigenvalue weighted by molar-refractivity contribution is 0.589. The summed E-state index contributed by atoms with van der Waals surface area (Å²) >= 11 is 3.20. The minimum atomic E-state index is -3.48. The molecule has 7 heteroatoms. The number of nitrogens with one attached hydrogen (secondary N) is 2. The van der Waals surface area contributed by atoms with Crippen molar-refractivity contribution in [1.82, 2.24) is 9.71 Å². The van der Waals surface area contributed by atoms with Crippen LogP contribution in [0.5, 0.6) is 0 Å². The molecule has 78 valence electrons. The summed E-state index contributed by atoms with van der Waals surface area (Å²) in [5.74, 6) is 0.286. The third-order valence-corrected chi connectivity index (χ3v) is 2.92. The number of hydrogen-bond acceptors (Lipinski definition) is 3. The van der Waals surface area contributed by atoms with Crippen LogP contribution in [0.1, 0.15) is 6.92 Å². The summed E-state index contributed by atoms with van der Waals surface area (Å²) in [5.41, 5.74) is 0. The van der Waals surface area contributed by atoms with Gasteiger partial charge in [0.2, 0.25) is 0 Å². The van der Waals surface area contributed by atoms with E-state index in [9.17, 15) is 8.42 Å². The number of hydrogen-bond donors (Lipinski definition) is 2. The van der Waals surface area contributed by atoms with Gasteiger partial charge >= 0.3 is 0 Å². The second-order valence-electron chi connectivity index (χ2n) is 2.47.